The Morgan fingerprint density at radius 2 is 1.24 bits per heavy atom. The van der Waals surface area contributed by atoms with Crippen LogP contribution in [0.4, 0.5) is 0 Å². The Kier molecular flexibility index (Phi) is 9.36. The molecule has 0 spiro atoms. The van der Waals surface area contributed by atoms with Gasteiger partial charge >= 0.3 is 0 Å². The number of rotatable bonds is 4. The van der Waals surface area contributed by atoms with Crippen LogP contribution in [0.15, 0.2) is 0 Å². The summed E-state index contributed by atoms with van der Waals surface area (Å²) in [5.41, 5.74) is 0. The third-order valence-corrected chi connectivity index (χ3v) is 4.16. The molecule has 100 valence electrons. The highest BCUT2D eigenvalue weighted by atomic mass is 16.1. The normalized spacial score (nSPS) is 21.4. The van der Waals surface area contributed by atoms with Gasteiger partial charge in [-0.2, -0.15) is 0 Å². The number of hydrogen-bond donors (Lipinski definition) is 0. The van der Waals surface area contributed by atoms with E-state index < -0.39 is 0 Å². The molecular formula is C16H30O. The predicted molar refractivity (Wildman–Crippen MR) is 74.2 cm³/mol. The van der Waals surface area contributed by atoms with Crippen molar-refractivity contribution in [2.45, 2.75) is 89.9 Å². The third kappa shape index (κ3) is 8.40. The molecule has 0 atom stereocenters. The van der Waals surface area contributed by atoms with Gasteiger partial charge in [0.05, 0.1) is 0 Å². The average Bonchev–Trinajstić information content (AvgIpc) is 2.32. The van der Waals surface area contributed by atoms with Crippen LogP contribution in [0.25, 0.3) is 0 Å². The number of carbonyl (C=O) groups excluding carboxylic acids is 1. The molecule has 1 aliphatic rings. The molecule has 1 heteroatoms. The molecule has 0 aromatic heterocycles. The lowest BCUT2D eigenvalue weighted by atomic mass is 9.89. The molecule has 0 aromatic rings. The maximum atomic E-state index is 10.4. The molecule has 0 aliphatic heterocycles. The molecule has 1 fully saturated rings. The minimum atomic E-state index is 0.774. The molecule has 1 rings (SSSR count). The van der Waals surface area contributed by atoms with Crippen LogP contribution < -0.4 is 0 Å². The predicted octanol–water partition coefficient (Wildman–Crippen LogP) is 5.28. The van der Waals surface area contributed by atoms with Crippen molar-refractivity contribution in [3.05, 3.63) is 0 Å². The monoisotopic (exact) mass is 238 g/mol. The lowest BCUT2D eigenvalue weighted by molar-refractivity contribution is -0.108. The van der Waals surface area contributed by atoms with Gasteiger partial charge in [0.2, 0.25) is 0 Å². The first-order chi connectivity index (χ1) is 8.43. The largest absolute Gasteiger partial charge is 0.303 e. The number of aldehydes is 1. The highest BCUT2D eigenvalue weighted by molar-refractivity contribution is 5.48. The van der Waals surface area contributed by atoms with E-state index in [0.717, 1.165) is 25.0 Å². The maximum Gasteiger partial charge on any atom is 0.119 e. The van der Waals surface area contributed by atoms with E-state index in [-0.39, 0.29) is 0 Å². The van der Waals surface area contributed by atoms with E-state index in [4.69, 9.17) is 0 Å². The van der Waals surface area contributed by atoms with Crippen molar-refractivity contribution in [2.24, 2.45) is 5.92 Å². The molecule has 0 bridgehead atoms. The fraction of sp³-hybridized carbons (Fsp3) is 0.938. The van der Waals surface area contributed by atoms with E-state index in [1.54, 1.807) is 0 Å². The molecule has 0 amide bonds. The summed E-state index contributed by atoms with van der Waals surface area (Å²) in [6, 6.07) is 0. The van der Waals surface area contributed by atoms with Crippen LogP contribution in [0.2, 0.25) is 0 Å². The van der Waals surface area contributed by atoms with Crippen molar-refractivity contribution in [2.75, 3.05) is 0 Å². The van der Waals surface area contributed by atoms with Gasteiger partial charge in [-0.25, -0.2) is 0 Å². The van der Waals surface area contributed by atoms with Crippen LogP contribution in [-0.4, -0.2) is 6.29 Å². The van der Waals surface area contributed by atoms with Crippen molar-refractivity contribution in [1.82, 2.24) is 0 Å². The molecule has 1 aliphatic carbocycles. The molecule has 1 nitrogen and oxygen atoms in total. The fourth-order valence-electron chi connectivity index (χ4n) is 3.03. The van der Waals surface area contributed by atoms with Gasteiger partial charge in [-0.3, -0.25) is 0 Å². The molecular weight excluding hydrogens is 208 g/mol. The molecule has 0 radical (unpaired) electrons. The van der Waals surface area contributed by atoms with E-state index in [1.165, 1.54) is 77.0 Å². The summed E-state index contributed by atoms with van der Waals surface area (Å²) in [4.78, 5) is 10.4. The highest BCUT2D eigenvalue weighted by Crippen LogP contribution is 2.24. The van der Waals surface area contributed by atoms with Crippen LogP contribution in [0.1, 0.15) is 89.9 Å². The van der Waals surface area contributed by atoms with E-state index in [0.29, 0.717) is 0 Å². The minimum absolute atomic E-state index is 0.774. The number of carbonyl (C=O) groups is 1. The summed E-state index contributed by atoms with van der Waals surface area (Å²) in [5.74, 6) is 0.911. The summed E-state index contributed by atoms with van der Waals surface area (Å²) in [5, 5.41) is 0. The topological polar surface area (TPSA) is 17.1 Å². The maximum absolute atomic E-state index is 10.4. The Morgan fingerprint density at radius 1 is 0.765 bits per heavy atom. The quantitative estimate of drug-likeness (QED) is 0.481. The third-order valence-electron chi connectivity index (χ3n) is 4.16. The average molecular weight is 238 g/mol. The summed E-state index contributed by atoms with van der Waals surface area (Å²) >= 11 is 0. The van der Waals surface area contributed by atoms with Crippen LogP contribution >= 0.6 is 0 Å². The van der Waals surface area contributed by atoms with Gasteiger partial charge in [0.25, 0.3) is 0 Å². The summed E-state index contributed by atoms with van der Waals surface area (Å²) in [7, 11) is 0. The van der Waals surface area contributed by atoms with E-state index in [9.17, 15) is 4.79 Å². The first kappa shape index (κ1) is 14.7. The summed E-state index contributed by atoms with van der Waals surface area (Å²) in [6.07, 6.45) is 20.1. The molecule has 0 saturated heterocycles. The van der Waals surface area contributed by atoms with Crippen molar-refractivity contribution < 1.29 is 4.79 Å². The van der Waals surface area contributed by atoms with Gasteiger partial charge in [0, 0.05) is 6.42 Å². The Balaban J connectivity index is 2.19. The van der Waals surface area contributed by atoms with Crippen LogP contribution in [0.5, 0.6) is 0 Å². The Labute approximate surface area is 107 Å². The molecule has 0 heterocycles. The van der Waals surface area contributed by atoms with Crippen LogP contribution in [-0.2, 0) is 4.79 Å². The van der Waals surface area contributed by atoms with E-state index in [1.807, 2.05) is 0 Å². The number of hydrogen-bond acceptors (Lipinski definition) is 1. The lowest BCUT2D eigenvalue weighted by Gasteiger charge is -2.17. The van der Waals surface area contributed by atoms with Crippen molar-refractivity contribution in [3.63, 3.8) is 0 Å². The van der Waals surface area contributed by atoms with E-state index in [2.05, 4.69) is 0 Å². The molecule has 1 saturated carbocycles. The summed E-state index contributed by atoms with van der Waals surface area (Å²) in [6.45, 7) is 0. The summed E-state index contributed by atoms with van der Waals surface area (Å²) < 4.78 is 0. The first-order valence-electron chi connectivity index (χ1n) is 7.87. The lowest BCUT2D eigenvalue weighted by Crippen LogP contribution is -2.02. The Hall–Kier alpha value is -0.330. The molecule has 0 unspecified atom stereocenters. The molecule has 0 aromatic carbocycles. The zero-order valence-electron chi connectivity index (χ0n) is 11.5. The Bertz CT molecular complexity index is 164. The standard InChI is InChI=1S/C16H30O/c17-15-11-10-14-16-12-8-6-4-2-1-3-5-7-9-13-16/h15-16H,1-14H2. The van der Waals surface area contributed by atoms with Gasteiger partial charge in [0.1, 0.15) is 6.29 Å². The van der Waals surface area contributed by atoms with Gasteiger partial charge in [-0.05, 0) is 12.3 Å². The van der Waals surface area contributed by atoms with E-state index >= 15 is 0 Å². The highest BCUT2D eigenvalue weighted by Gasteiger charge is 2.09. The smallest absolute Gasteiger partial charge is 0.119 e. The Morgan fingerprint density at radius 3 is 1.71 bits per heavy atom. The second kappa shape index (κ2) is 10.8. The van der Waals surface area contributed by atoms with Crippen molar-refractivity contribution in [1.29, 1.82) is 0 Å². The van der Waals surface area contributed by atoms with Gasteiger partial charge in [0.15, 0.2) is 0 Å². The first-order valence-corrected chi connectivity index (χ1v) is 7.87. The number of unbranched alkanes of at least 4 members (excludes halogenated alkanes) is 1. The van der Waals surface area contributed by atoms with Gasteiger partial charge in [-0.1, -0.05) is 77.0 Å². The zero-order valence-corrected chi connectivity index (χ0v) is 11.5. The molecule has 17 heavy (non-hydrogen) atoms. The minimum Gasteiger partial charge on any atom is -0.303 e. The SMILES string of the molecule is O=CCCCC1CCCCCCCCCCC1. The van der Waals surface area contributed by atoms with Gasteiger partial charge in [-0.15, -0.1) is 0 Å². The van der Waals surface area contributed by atoms with Crippen molar-refractivity contribution in [3.8, 4) is 0 Å². The second-order valence-electron chi connectivity index (χ2n) is 5.72. The molecule has 0 N–H and O–H groups in total. The second-order valence-corrected chi connectivity index (χ2v) is 5.72. The van der Waals surface area contributed by atoms with Crippen LogP contribution in [0.3, 0.4) is 0 Å². The zero-order chi connectivity index (χ0) is 12.2. The van der Waals surface area contributed by atoms with Gasteiger partial charge < -0.3 is 4.79 Å². The fourth-order valence-corrected chi connectivity index (χ4v) is 3.03. The van der Waals surface area contributed by atoms with Crippen molar-refractivity contribution >= 4 is 6.29 Å². The van der Waals surface area contributed by atoms with Crippen LogP contribution in [0, 0.1) is 5.92 Å².